The number of aromatic nitrogens is 2. The van der Waals surface area contributed by atoms with Gasteiger partial charge in [-0.15, -0.1) is 0 Å². The molecule has 26 heavy (non-hydrogen) atoms. The number of rotatable bonds is 4. The lowest BCUT2D eigenvalue weighted by atomic mass is 9.85. The lowest BCUT2D eigenvalue weighted by Gasteiger charge is -2.28. The number of nitrogens with zero attached hydrogens (tertiary/aromatic N) is 5. The molecule has 0 unspecified atom stereocenters. The van der Waals surface area contributed by atoms with Gasteiger partial charge in [-0.25, -0.2) is 14.4 Å². The van der Waals surface area contributed by atoms with Gasteiger partial charge < -0.3 is 4.90 Å². The van der Waals surface area contributed by atoms with E-state index in [1.807, 2.05) is 4.90 Å². The van der Waals surface area contributed by atoms with Crippen LogP contribution in [0, 0.1) is 23.6 Å². The molecule has 6 nitrogen and oxygen atoms in total. The average Bonchev–Trinajstić information content (AvgIpc) is 3.25. The van der Waals surface area contributed by atoms with Crippen molar-refractivity contribution in [1.29, 1.82) is 0 Å². The number of anilines is 1. The zero-order valence-electron chi connectivity index (χ0n) is 15.7. The highest BCUT2D eigenvalue weighted by Gasteiger charge is 2.61. The molecule has 1 aromatic rings. The summed E-state index contributed by atoms with van der Waals surface area (Å²) in [4.78, 5) is 30.6. The summed E-state index contributed by atoms with van der Waals surface area (Å²) < 4.78 is 13.1. The Labute approximate surface area is 153 Å². The standard InChI is InChI=1S/C19H26FN5O/c1-4-16-23-19(17(26)25(16)9-12(2)3)6-5-13-10-24(11-15(13)19)18-21-7-14(20)8-22-18/h7-8,12-13,15H,4-6,9-11H2,1-3H3/t13-,15+,19-/m1/s1. The van der Waals surface area contributed by atoms with E-state index >= 15 is 0 Å². The van der Waals surface area contributed by atoms with Gasteiger partial charge in [-0.3, -0.25) is 14.7 Å². The monoisotopic (exact) mass is 359 g/mol. The third-order valence-electron chi connectivity index (χ3n) is 5.96. The summed E-state index contributed by atoms with van der Waals surface area (Å²) in [6, 6.07) is 0. The van der Waals surface area contributed by atoms with Crippen molar-refractivity contribution in [3.8, 4) is 0 Å². The van der Waals surface area contributed by atoms with E-state index in [2.05, 4.69) is 35.6 Å². The molecule has 1 amide bonds. The molecule has 0 bridgehead atoms. The Morgan fingerprint density at radius 3 is 2.69 bits per heavy atom. The summed E-state index contributed by atoms with van der Waals surface area (Å²) in [6.07, 6.45) is 5.00. The van der Waals surface area contributed by atoms with Gasteiger partial charge in [-0.05, 0) is 24.7 Å². The highest BCUT2D eigenvalue weighted by atomic mass is 19.1. The van der Waals surface area contributed by atoms with Crippen LogP contribution < -0.4 is 4.90 Å². The molecule has 7 heteroatoms. The number of aliphatic imine (C=N–C) groups is 1. The van der Waals surface area contributed by atoms with Crippen LogP contribution in [0.3, 0.4) is 0 Å². The third-order valence-corrected chi connectivity index (χ3v) is 5.96. The lowest BCUT2D eigenvalue weighted by molar-refractivity contribution is -0.132. The second-order valence-electron chi connectivity index (χ2n) is 8.13. The molecule has 4 rings (SSSR count). The maximum atomic E-state index is 13.4. The Hall–Kier alpha value is -2.05. The summed E-state index contributed by atoms with van der Waals surface area (Å²) in [7, 11) is 0. The molecule has 1 saturated heterocycles. The van der Waals surface area contributed by atoms with Gasteiger partial charge in [-0.2, -0.15) is 0 Å². The first-order chi connectivity index (χ1) is 12.4. The summed E-state index contributed by atoms with van der Waals surface area (Å²) >= 11 is 0. The molecule has 1 saturated carbocycles. The average molecular weight is 359 g/mol. The molecule has 1 spiro atoms. The van der Waals surface area contributed by atoms with Crippen LogP contribution >= 0.6 is 0 Å². The smallest absolute Gasteiger partial charge is 0.256 e. The molecule has 3 atom stereocenters. The highest BCUT2D eigenvalue weighted by Crippen LogP contribution is 2.50. The Bertz CT molecular complexity index is 734. The van der Waals surface area contributed by atoms with E-state index in [0.29, 0.717) is 24.3 Å². The second kappa shape index (κ2) is 6.28. The third kappa shape index (κ3) is 2.59. The normalized spacial score (nSPS) is 30.7. The molecule has 1 aliphatic carbocycles. The molecular formula is C19H26FN5O. The minimum Gasteiger partial charge on any atom is -0.340 e. The van der Waals surface area contributed by atoms with Gasteiger partial charge in [-0.1, -0.05) is 20.8 Å². The molecular weight excluding hydrogens is 333 g/mol. The zero-order valence-corrected chi connectivity index (χ0v) is 15.7. The van der Waals surface area contributed by atoms with Crippen LogP contribution in [0.2, 0.25) is 0 Å². The predicted molar refractivity (Wildman–Crippen MR) is 97.4 cm³/mol. The van der Waals surface area contributed by atoms with E-state index in [-0.39, 0.29) is 11.8 Å². The molecule has 2 fully saturated rings. The Kier molecular flexibility index (Phi) is 4.20. The van der Waals surface area contributed by atoms with Gasteiger partial charge in [0.15, 0.2) is 5.82 Å². The van der Waals surface area contributed by atoms with Crippen molar-refractivity contribution in [1.82, 2.24) is 14.9 Å². The number of carbonyl (C=O) groups excluding carboxylic acids is 1. The van der Waals surface area contributed by atoms with Crippen LogP contribution in [-0.4, -0.2) is 51.8 Å². The Morgan fingerprint density at radius 2 is 2.04 bits per heavy atom. The Balaban J connectivity index is 1.60. The Morgan fingerprint density at radius 1 is 1.31 bits per heavy atom. The number of halogens is 1. The topological polar surface area (TPSA) is 61.7 Å². The predicted octanol–water partition coefficient (Wildman–Crippen LogP) is 2.51. The number of carbonyl (C=O) groups is 1. The maximum absolute atomic E-state index is 13.4. The van der Waals surface area contributed by atoms with Crippen LogP contribution in [0.1, 0.15) is 40.0 Å². The largest absolute Gasteiger partial charge is 0.340 e. The maximum Gasteiger partial charge on any atom is 0.256 e. The number of amides is 1. The van der Waals surface area contributed by atoms with Crippen molar-refractivity contribution in [3.05, 3.63) is 18.2 Å². The fourth-order valence-corrected chi connectivity index (χ4v) is 4.84. The van der Waals surface area contributed by atoms with Crippen molar-refractivity contribution < 1.29 is 9.18 Å². The number of hydrogen-bond acceptors (Lipinski definition) is 5. The molecule has 140 valence electrons. The number of amidine groups is 1. The molecule has 1 aromatic heterocycles. The summed E-state index contributed by atoms with van der Waals surface area (Å²) in [5.74, 6) is 2.22. The fraction of sp³-hybridized carbons (Fsp3) is 0.684. The van der Waals surface area contributed by atoms with Gasteiger partial charge in [0.05, 0.1) is 12.4 Å². The van der Waals surface area contributed by atoms with Gasteiger partial charge >= 0.3 is 0 Å². The zero-order chi connectivity index (χ0) is 18.5. The van der Waals surface area contributed by atoms with Crippen LogP contribution in [0.4, 0.5) is 10.3 Å². The van der Waals surface area contributed by atoms with Gasteiger partial charge in [0.25, 0.3) is 5.91 Å². The quantitative estimate of drug-likeness (QED) is 0.829. The first kappa shape index (κ1) is 17.4. The summed E-state index contributed by atoms with van der Waals surface area (Å²) in [6.45, 7) is 8.58. The molecule has 0 radical (unpaired) electrons. The van der Waals surface area contributed by atoms with Crippen LogP contribution in [-0.2, 0) is 4.79 Å². The van der Waals surface area contributed by atoms with Crippen molar-refractivity contribution in [2.75, 3.05) is 24.5 Å². The van der Waals surface area contributed by atoms with E-state index < -0.39 is 11.4 Å². The molecule has 2 aliphatic heterocycles. The van der Waals surface area contributed by atoms with E-state index in [4.69, 9.17) is 4.99 Å². The van der Waals surface area contributed by atoms with Crippen LogP contribution in [0.15, 0.2) is 17.4 Å². The van der Waals surface area contributed by atoms with Crippen LogP contribution in [0.5, 0.6) is 0 Å². The van der Waals surface area contributed by atoms with Gasteiger partial charge in [0.2, 0.25) is 5.95 Å². The van der Waals surface area contributed by atoms with E-state index in [1.165, 1.54) is 12.4 Å². The van der Waals surface area contributed by atoms with Crippen molar-refractivity contribution in [3.63, 3.8) is 0 Å². The second-order valence-corrected chi connectivity index (χ2v) is 8.13. The van der Waals surface area contributed by atoms with Gasteiger partial charge in [0.1, 0.15) is 11.4 Å². The minimum atomic E-state index is -0.611. The summed E-state index contributed by atoms with van der Waals surface area (Å²) in [5.41, 5.74) is -0.611. The first-order valence-electron chi connectivity index (χ1n) is 9.57. The number of hydrogen-bond donors (Lipinski definition) is 0. The van der Waals surface area contributed by atoms with Crippen molar-refractivity contribution in [2.24, 2.45) is 22.7 Å². The first-order valence-corrected chi connectivity index (χ1v) is 9.57. The van der Waals surface area contributed by atoms with Gasteiger partial charge in [0, 0.05) is 32.0 Å². The van der Waals surface area contributed by atoms with Crippen molar-refractivity contribution in [2.45, 2.75) is 45.6 Å². The molecule has 3 aliphatic rings. The number of fused-ring (bicyclic) bond motifs is 2. The van der Waals surface area contributed by atoms with Crippen LogP contribution in [0.25, 0.3) is 0 Å². The van der Waals surface area contributed by atoms with E-state index in [9.17, 15) is 9.18 Å². The summed E-state index contributed by atoms with van der Waals surface area (Å²) in [5, 5.41) is 0. The van der Waals surface area contributed by atoms with E-state index in [1.54, 1.807) is 0 Å². The highest BCUT2D eigenvalue weighted by molar-refractivity contribution is 6.08. The minimum absolute atomic E-state index is 0.178. The van der Waals surface area contributed by atoms with E-state index in [0.717, 1.165) is 38.2 Å². The molecule has 0 aromatic carbocycles. The fourth-order valence-electron chi connectivity index (χ4n) is 4.84. The molecule has 3 heterocycles. The SMILES string of the molecule is CCC1=N[C@@]2(CC[C@@H]3CN(c4ncc(F)cn4)C[C@@H]32)C(=O)N1CC(C)C. The van der Waals surface area contributed by atoms with Crippen molar-refractivity contribution >= 4 is 17.7 Å². The molecule has 0 N–H and O–H groups in total. The lowest BCUT2D eigenvalue weighted by Crippen LogP contribution is -2.47.